The zero-order valence-corrected chi connectivity index (χ0v) is 13.0. The van der Waals surface area contributed by atoms with Crippen LogP contribution in [-0.2, 0) is 9.84 Å². The number of aromatic nitrogens is 4. The summed E-state index contributed by atoms with van der Waals surface area (Å²) in [6, 6.07) is 10.5. The lowest BCUT2D eigenvalue weighted by atomic mass is 10.1. The van der Waals surface area contributed by atoms with E-state index >= 15 is 0 Å². The van der Waals surface area contributed by atoms with Crippen LogP contribution in [0.25, 0.3) is 27.8 Å². The summed E-state index contributed by atoms with van der Waals surface area (Å²) >= 11 is 0. The van der Waals surface area contributed by atoms with Crippen molar-refractivity contribution in [3.05, 3.63) is 55.0 Å². The predicted molar refractivity (Wildman–Crippen MR) is 86.8 cm³/mol. The van der Waals surface area contributed by atoms with Gasteiger partial charge in [0.2, 0.25) is 0 Å². The van der Waals surface area contributed by atoms with Crippen LogP contribution in [0.3, 0.4) is 0 Å². The number of hydrogen-bond donors (Lipinski definition) is 0. The minimum Gasteiger partial charge on any atom is -0.236 e. The highest BCUT2D eigenvalue weighted by Crippen LogP contribution is 2.23. The van der Waals surface area contributed by atoms with Gasteiger partial charge in [-0.2, -0.15) is 0 Å². The molecule has 0 N–H and O–H groups in total. The molecule has 0 radical (unpaired) electrons. The lowest BCUT2D eigenvalue weighted by molar-refractivity contribution is 0.602. The summed E-state index contributed by atoms with van der Waals surface area (Å²) in [5.41, 5.74) is 3.11. The first-order valence-corrected chi connectivity index (χ1v) is 8.81. The van der Waals surface area contributed by atoms with Crippen molar-refractivity contribution in [2.75, 3.05) is 6.26 Å². The van der Waals surface area contributed by atoms with Gasteiger partial charge in [0.15, 0.2) is 21.1 Å². The minimum absolute atomic E-state index is 0.296. The van der Waals surface area contributed by atoms with Crippen molar-refractivity contribution in [2.24, 2.45) is 0 Å². The van der Waals surface area contributed by atoms with Crippen molar-refractivity contribution in [1.82, 2.24) is 19.6 Å². The van der Waals surface area contributed by atoms with Crippen LogP contribution < -0.4 is 0 Å². The van der Waals surface area contributed by atoms with E-state index in [-0.39, 0.29) is 0 Å². The Balaban J connectivity index is 1.84. The van der Waals surface area contributed by atoms with E-state index in [9.17, 15) is 8.42 Å². The molecule has 3 aromatic heterocycles. The maximum atomic E-state index is 11.5. The van der Waals surface area contributed by atoms with Crippen molar-refractivity contribution in [2.45, 2.75) is 4.90 Å². The molecule has 0 aliphatic carbocycles. The largest absolute Gasteiger partial charge is 0.236 e. The fraction of sp³-hybridized carbons (Fsp3) is 0.0625. The number of hydrogen-bond acceptors (Lipinski definition) is 5. The fourth-order valence-electron chi connectivity index (χ4n) is 2.48. The molecule has 1 aromatic carbocycles. The molecule has 0 amide bonds. The second-order valence-corrected chi connectivity index (χ2v) is 7.30. The maximum absolute atomic E-state index is 11.5. The molecule has 7 heteroatoms. The third-order valence-electron chi connectivity index (χ3n) is 3.65. The summed E-state index contributed by atoms with van der Waals surface area (Å²) in [6.07, 6.45) is 6.50. The summed E-state index contributed by atoms with van der Waals surface area (Å²) in [5, 5.41) is 5.30. The first-order valence-electron chi connectivity index (χ1n) is 6.92. The molecule has 0 aliphatic rings. The first-order chi connectivity index (χ1) is 11.0. The number of benzene rings is 1. The third kappa shape index (κ3) is 2.35. The Labute approximate surface area is 132 Å². The highest BCUT2D eigenvalue weighted by atomic mass is 32.2. The lowest BCUT2D eigenvalue weighted by Gasteiger charge is -2.03. The summed E-state index contributed by atoms with van der Waals surface area (Å²) in [5.74, 6) is 0. The van der Waals surface area contributed by atoms with Gasteiger partial charge in [0, 0.05) is 30.4 Å². The van der Waals surface area contributed by atoms with Gasteiger partial charge in [0.1, 0.15) is 0 Å². The standard InChI is InChI=1S/C16H12N4O2S/c1-23(21,22)13-6-4-11(5-7-13)12-9-18-16-14-3-2-8-17-15(14)19-20(16)10-12/h2-10H,1H3. The summed E-state index contributed by atoms with van der Waals surface area (Å²) < 4.78 is 24.7. The molecule has 0 saturated carbocycles. The Morgan fingerprint density at radius 3 is 2.52 bits per heavy atom. The van der Waals surface area contributed by atoms with Gasteiger partial charge in [-0.15, -0.1) is 5.10 Å². The van der Waals surface area contributed by atoms with Crippen LogP contribution >= 0.6 is 0 Å². The molecule has 4 aromatic rings. The van der Waals surface area contributed by atoms with Crippen LogP contribution in [0.2, 0.25) is 0 Å². The summed E-state index contributed by atoms with van der Waals surface area (Å²) in [6.45, 7) is 0. The van der Waals surface area contributed by atoms with E-state index in [4.69, 9.17) is 0 Å². The van der Waals surface area contributed by atoms with Gasteiger partial charge in [0.25, 0.3) is 0 Å². The molecule has 3 heterocycles. The second kappa shape index (κ2) is 4.85. The van der Waals surface area contributed by atoms with E-state index in [2.05, 4.69) is 15.1 Å². The molecular formula is C16H12N4O2S. The zero-order chi connectivity index (χ0) is 16.0. The van der Waals surface area contributed by atoms with E-state index in [0.29, 0.717) is 10.5 Å². The van der Waals surface area contributed by atoms with Gasteiger partial charge in [0.05, 0.1) is 10.3 Å². The number of rotatable bonds is 2. The van der Waals surface area contributed by atoms with Gasteiger partial charge in [-0.05, 0) is 29.8 Å². The average molecular weight is 324 g/mol. The Morgan fingerprint density at radius 2 is 1.78 bits per heavy atom. The van der Waals surface area contributed by atoms with Crippen LogP contribution in [0.15, 0.2) is 59.9 Å². The van der Waals surface area contributed by atoms with E-state index in [1.54, 1.807) is 41.2 Å². The fourth-order valence-corrected chi connectivity index (χ4v) is 3.11. The van der Waals surface area contributed by atoms with Crippen molar-refractivity contribution in [1.29, 1.82) is 0 Å². The number of nitrogens with zero attached hydrogens (tertiary/aromatic N) is 4. The summed E-state index contributed by atoms with van der Waals surface area (Å²) in [4.78, 5) is 8.98. The third-order valence-corrected chi connectivity index (χ3v) is 4.78. The lowest BCUT2D eigenvalue weighted by Crippen LogP contribution is -1.96. The van der Waals surface area contributed by atoms with Gasteiger partial charge in [-0.3, -0.25) is 0 Å². The molecule has 114 valence electrons. The van der Waals surface area contributed by atoms with E-state index < -0.39 is 9.84 Å². The number of pyridine rings is 1. The van der Waals surface area contributed by atoms with Crippen molar-refractivity contribution in [3.63, 3.8) is 0 Å². The van der Waals surface area contributed by atoms with Crippen LogP contribution in [-0.4, -0.2) is 34.3 Å². The average Bonchev–Trinajstić information content (AvgIpc) is 2.92. The van der Waals surface area contributed by atoms with Crippen molar-refractivity contribution < 1.29 is 8.42 Å². The molecule has 4 rings (SSSR count). The molecular weight excluding hydrogens is 312 g/mol. The summed E-state index contributed by atoms with van der Waals surface area (Å²) in [7, 11) is -3.20. The highest BCUT2D eigenvalue weighted by molar-refractivity contribution is 7.90. The Morgan fingerprint density at radius 1 is 1.00 bits per heavy atom. The van der Waals surface area contributed by atoms with Crippen LogP contribution in [0.5, 0.6) is 0 Å². The number of sulfone groups is 1. The molecule has 0 fully saturated rings. The normalized spacial score (nSPS) is 12.0. The van der Waals surface area contributed by atoms with Crippen LogP contribution in [0.4, 0.5) is 0 Å². The molecule has 0 spiro atoms. The SMILES string of the molecule is CS(=O)(=O)c1ccc(-c2cnc3c4cccnc4nn3c2)cc1. The van der Waals surface area contributed by atoms with E-state index in [1.807, 2.05) is 18.3 Å². The molecule has 6 nitrogen and oxygen atoms in total. The quantitative estimate of drug-likeness (QED) is 0.565. The Bertz CT molecular complexity index is 1130. The predicted octanol–water partition coefficient (Wildman–Crippen LogP) is 2.35. The molecule has 0 unspecified atom stereocenters. The number of fused-ring (bicyclic) bond motifs is 3. The first kappa shape index (κ1) is 13.8. The van der Waals surface area contributed by atoms with Gasteiger partial charge in [-0.25, -0.2) is 22.9 Å². The van der Waals surface area contributed by atoms with Crippen molar-refractivity contribution >= 4 is 26.5 Å². The van der Waals surface area contributed by atoms with E-state index in [0.717, 1.165) is 22.2 Å². The topological polar surface area (TPSA) is 77.2 Å². The highest BCUT2D eigenvalue weighted by Gasteiger charge is 2.10. The zero-order valence-electron chi connectivity index (χ0n) is 12.2. The Hall–Kier alpha value is -2.80. The van der Waals surface area contributed by atoms with Crippen LogP contribution in [0.1, 0.15) is 0 Å². The molecule has 0 saturated heterocycles. The second-order valence-electron chi connectivity index (χ2n) is 5.28. The van der Waals surface area contributed by atoms with Gasteiger partial charge in [-0.1, -0.05) is 12.1 Å². The monoisotopic (exact) mass is 324 g/mol. The van der Waals surface area contributed by atoms with Gasteiger partial charge >= 0.3 is 0 Å². The molecule has 0 atom stereocenters. The van der Waals surface area contributed by atoms with Crippen LogP contribution in [0, 0.1) is 0 Å². The molecule has 23 heavy (non-hydrogen) atoms. The van der Waals surface area contributed by atoms with E-state index in [1.165, 1.54) is 6.26 Å². The Kier molecular flexibility index (Phi) is 2.92. The molecule has 0 bridgehead atoms. The van der Waals surface area contributed by atoms with Crippen molar-refractivity contribution in [3.8, 4) is 11.1 Å². The van der Waals surface area contributed by atoms with Gasteiger partial charge < -0.3 is 0 Å². The minimum atomic E-state index is -3.20. The molecule has 0 aliphatic heterocycles. The maximum Gasteiger partial charge on any atom is 0.183 e. The smallest absolute Gasteiger partial charge is 0.183 e.